The molecule has 2 aliphatic rings. The molecule has 8 nitrogen and oxygen atoms in total. The number of anilines is 1. The number of halogens is 1. The van der Waals surface area contributed by atoms with Gasteiger partial charge in [0.05, 0.1) is 24.8 Å². The van der Waals surface area contributed by atoms with Crippen molar-refractivity contribution in [2.75, 3.05) is 31.2 Å². The Balaban J connectivity index is 1.57. The van der Waals surface area contributed by atoms with E-state index in [1.807, 2.05) is 36.7 Å². The largest absolute Gasteiger partial charge is 0.378 e. The Morgan fingerprint density at radius 3 is 2.59 bits per heavy atom. The first-order valence-corrected chi connectivity index (χ1v) is 11.6. The van der Waals surface area contributed by atoms with Crippen molar-refractivity contribution in [3.63, 3.8) is 0 Å². The molecule has 34 heavy (non-hydrogen) atoms. The number of nitrogens with one attached hydrogen (secondary N) is 1. The number of carbonyl (C=O) groups excluding carboxylic acids is 2. The van der Waals surface area contributed by atoms with Crippen molar-refractivity contribution >= 4 is 58.4 Å². The molecule has 1 atom stereocenters. The third-order valence-electron chi connectivity index (χ3n) is 5.58. The Bertz CT molecular complexity index is 1260. The number of thiol groups is 1. The van der Waals surface area contributed by atoms with E-state index in [1.54, 1.807) is 29.0 Å². The highest BCUT2D eigenvalue weighted by atomic mass is 35.5. The van der Waals surface area contributed by atoms with Crippen molar-refractivity contribution in [1.82, 2.24) is 10.2 Å². The summed E-state index contributed by atoms with van der Waals surface area (Å²) in [6, 6.07) is 14.4. The Kier molecular flexibility index (Phi) is 6.32. The van der Waals surface area contributed by atoms with Gasteiger partial charge in [-0.3, -0.25) is 14.5 Å². The fourth-order valence-corrected chi connectivity index (χ4v) is 4.32. The maximum absolute atomic E-state index is 13.5. The van der Waals surface area contributed by atoms with Gasteiger partial charge >= 0.3 is 0 Å². The van der Waals surface area contributed by atoms with E-state index in [1.165, 1.54) is 11.0 Å². The van der Waals surface area contributed by atoms with Gasteiger partial charge in [0.2, 0.25) is 11.8 Å². The summed E-state index contributed by atoms with van der Waals surface area (Å²) >= 11 is 10.4. The van der Waals surface area contributed by atoms with Crippen molar-refractivity contribution in [1.29, 1.82) is 0 Å². The predicted octanol–water partition coefficient (Wildman–Crippen LogP) is 2.81. The number of carbonyl (C=O) groups is 2. The van der Waals surface area contributed by atoms with Gasteiger partial charge in [-0.05, 0) is 36.4 Å². The molecule has 10 heteroatoms. The minimum Gasteiger partial charge on any atom is -0.378 e. The molecular formula is C24H22ClN4O4S+. The van der Waals surface area contributed by atoms with Gasteiger partial charge in [0.1, 0.15) is 5.57 Å². The predicted molar refractivity (Wildman–Crippen MR) is 131 cm³/mol. The minimum atomic E-state index is -0.816. The van der Waals surface area contributed by atoms with Crippen LogP contribution in [0.1, 0.15) is 0 Å². The second-order valence-corrected chi connectivity index (χ2v) is 8.77. The highest BCUT2D eigenvalue weighted by Crippen LogP contribution is 2.26. The van der Waals surface area contributed by atoms with Gasteiger partial charge < -0.3 is 15.0 Å². The van der Waals surface area contributed by atoms with Crippen LogP contribution in [0, 0.1) is 0 Å². The van der Waals surface area contributed by atoms with Crippen LogP contribution in [0.2, 0.25) is 5.02 Å². The highest BCUT2D eigenvalue weighted by Gasteiger charge is 2.37. The fourth-order valence-electron chi connectivity index (χ4n) is 3.84. The number of para-hydroxylation sites is 1. The van der Waals surface area contributed by atoms with Crippen molar-refractivity contribution < 1.29 is 23.6 Å². The number of benzene rings is 2. The highest BCUT2D eigenvalue weighted by molar-refractivity contribution is 7.81. The van der Waals surface area contributed by atoms with Gasteiger partial charge in [0.15, 0.2) is 5.50 Å². The van der Waals surface area contributed by atoms with Crippen LogP contribution >= 0.6 is 24.2 Å². The second-order valence-electron chi connectivity index (χ2n) is 7.84. The van der Waals surface area contributed by atoms with Gasteiger partial charge in [-0.15, -0.1) is 12.6 Å². The van der Waals surface area contributed by atoms with Crippen LogP contribution in [0.3, 0.4) is 0 Å². The zero-order chi connectivity index (χ0) is 23.7. The zero-order valence-electron chi connectivity index (χ0n) is 18.1. The lowest BCUT2D eigenvalue weighted by Crippen LogP contribution is -2.56. The summed E-state index contributed by atoms with van der Waals surface area (Å²) in [6.45, 7) is 2.55. The molecule has 2 aromatic carbocycles. The van der Waals surface area contributed by atoms with Crippen LogP contribution in [0.15, 0.2) is 77.1 Å². The molecule has 0 radical (unpaired) electrons. The maximum atomic E-state index is 13.5. The Labute approximate surface area is 206 Å². The zero-order valence-corrected chi connectivity index (χ0v) is 19.7. The molecule has 2 amide bonds. The second kappa shape index (κ2) is 9.54. The molecule has 2 saturated heterocycles. The van der Waals surface area contributed by atoms with E-state index < -0.39 is 17.3 Å². The van der Waals surface area contributed by atoms with Crippen molar-refractivity contribution in [2.45, 2.75) is 5.50 Å². The van der Waals surface area contributed by atoms with Crippen molar-refractivity contribution in [3.8, 4) is 0 Å². The average Bonchev–Trinajstić information content (AvgIpc) is 3.27. The molecular weight excluding hydrogens is 476 g/mol. The molecule has 1 aromatic heterocycles. The van der Waals surface area contributed by atoms with Gasteiger partial charge in [-0.25, -0.2) is 4.52 Å². The van der Waals surface area contributed by atoms with Crippen LogP contribution in [0.25, 0.3) is 16.7 Å². The lowest BCUT2D eigenvalue weighted by molar-refractivity contribution is -0.766. The van der Waals surface area contributed by atoms with E-state index in [2.05, 4.69) is 22.8 Å². The molecule has 3 aromatic rings. The number of rotatable bonds is 4. The van der Waals surface area contributed by atoms with Crippen molar-refractivity contribution in [3.05, 3.63) is 77.6 Å². The van der Waals surface area contributed by atoms with Gasteiger partial charge in [-0.1, -0.05) is 23.7 Å². The first kappa shape index (κ1) is 22.5. The van der Waals surface area contributed by atoms with E-state index in [4.69, 9.17) is 20.9 Å². The minimum absolute atomic E-state index is 0.0345. The Morgan fingerprint density at radius 2 is 1.85 bits per heavy atom. The monoisotopic (exact) mass is 497 g/mol. The molecule has 0 aliphatic carbocycles. The molecule has 2 fully saturated rings. The summed E-state index contributed by atoms with van der Waals surface area (Å²) in [5, 5.41) is 4.18. The number of fused-ring (bicyclic) bond motifs is 1. The van der Waals surface area contributed by atoms with E-state index in [0.717, 1.165) is 5.39 Å². The summed E-state index contributed by atoms with van der Waals surface area (Å²) in [7, 11) is 0. The van der Waals surface area contributed by atoms with Crippen molar-refractivity contribution in [2.24, 2.45) is 0 Å². The molecule has 2 aliphatic heterocycles. The number of hydrogen-bond acceptors (Lipinski definition) is 6. The molecule has 1 unspecified atom stereocenters. The van der Waals surface area contributed by atoms with Gasteiger partial charge in [-0.2, -0.15) is 0 Å². The topological polar surface area (TPSA) is 78.9 Å². The summed E-state index contributed by atoms with van der Waals surface area (Å²) < 4.78 is 13.0. The summed E-state index contributed by atoms with van der Waals surface area (Å²) in [4.78, 5) is 29.8. The number of allylic oxidation sites excluding steroid dienone is 2. The van der Waals surface area contributed by atoms with Gasteiger partial charge in [0, 0.05) is 34.6 Å². The lowest BCUT2D eigenvalue weighted by atomic mass is 10.1. The van der Waals surface area contributed by atoms with E-state index in [9.17, 15) is 9.59 Å². The number of aromatic nitrogens is 1. The summed E-state index contributed by atoms with van der Waals surface area (Å²) in [5.74, 6) is -0.990. The molecule has 5 rings (SSSR count). The first-order valence-electron chi connectivity index (χ1n) is 10.7. The average molecular weight is 498 g/mol. The number of hydrogen-bond donors (Lipinski definition) is 2. The van der Waals surface area contributed by atoms with E-state index in [0.29, 0.717) is 48.3 Å². The molecule has 3 heterocycles. The molecule has 174 valence electrons. The summed E-state index contributed by atoms with van der Waals surface area (Å²) in [6.07, 6.45) is 5.23. The number of amides is 2. The maximum Gasteiger partial charge on any atom is 0.274 e. The molecule has 0 spiro atoms. The Hall–Kier alpha value is -3.27. The number of morpholine rings is 1. The van der Waals surface area contributed by atoms with E-state index >= 15 is 0 Å². The number of ether oxygens (including phenoxy) is 1. The van der Waals surface area contributed by atoms with E-state index in [-0.39, 0.29) is 5.57 Å². The normalized spacial score (nSPS) is 20.8. The fraction of sp³-hybridized carbons (Fsp3) is 0.208. The lowest BCUT2D eigenvalue weighted by Gasteiger charge is -2.34. The van der Waals surface area contributed by atoms with Crippen LogP contribution in [0.5, 0.6) is 0 Å². The smallest absolute Gasteiger partial charge is 0.274 e. The molecule has 0 bridgehead atoms. The molecule has 0 saturated carbocycles. The SMILES string of the molecule is O=C1NC(S)N(c2ccc(Cl)cc2)C(=O)C1=CC(=CN1CCOCC1)[n+]1cc2ccccc2o1. The molecule has 1 N–H and O–H groups in total. The van der Waals surface area contributed by atoms with Crippen LogP contribution in [-0.2, 0) is 14.3 Å². The van der Waals surface area contributed by atoms with Gasteiger partial charge in [0.25, 0.3) is 17.5 Å². The van der Waals surface area contributed by atoms with Crippen LogP contribution < -0.4 is 15.0 Å². The van der Waals surface area contributed by atoms with Crippen LogP contribution in [0.4, 0.5) is 5.69 Å². The third-order valence-corrected chi connectivity index (χ3v) is 6.19. The quantitative estimate of drug-likeness (QED) is 0.251. The Morgan fingerprint density at radius 1 is 1.12 bits per heavy atom. The van der Waals surface area contributed by atoms with Crippen LogP contribution in [-0.4, -0.2) is 48.5 Å². The summed E-state index contributed by atoms with van der Waals surface area (Å²) in [5.41, 5.74) is 0.934. The standard InChI is InChI=1S/C24H21ClN4O4S/c25-17-5-7-18(8-6-17)29-23(31)20(22(30)26-24(29)34)13-19(15-27-9-11-32-12-10-27)28-14-16-3-1-2-4-21(16)33-28/h1-8,13-15,24H,9-12H2,(H-,26,30,34)/p+1. The number of nitrogens with zero attached hydrogens (tertiary/aromatic N) is 3. The third kappa shape index (κ3) is 4.54. The first-order chi connectivity index (χ1) is 16.5.